The quantitative estimate of drug-likeness (QED) is 0.309. The molecule has 0 aromatic heterocycles. The lowest BCUT2D eigenvalue weighted by Crippen LogP contribution is -1.96. The van der Waals surface area contributed by atoms with Crippen molar-refractivity contribution >= 4 is 12.2 Å². The lowest BCUT2D eigenvalue weighted by atomic mass is 10.2. The maximum absolute atomic E-state index is 5.72. The average molecular weight is 367 g/mol. The molecule has 0 saturated heterocycles. The maximum Gasteiger partial charge on any atom is 0.119 e. The first-order valence-electron chi connectivity index (χ1n) is 9.76. The van der Waals surface area contributed by atoms with Gasteiger partial charge in [-0.1, -0.05) is 51.0 Å². The molecule has 0 saturated carbocycles. The van der Waals surface area contributed by atoms with Crippen molar-refractivity contribution in [2.75, 3.05) is 13.2 Å². The second-order valence-electron chi connectivity index (χ2n) is 6.29. The van der Waals surface area contributed by atoms with Crippen molar-refractivity contribution in [1.29, 1.82) is 0 Å². The lowest BCUT2D eigenvalue weighted by Gasteiger charge is -2.05. The Morgan fingerprint density at radius 3 is 1.63 bits per heavy atom. The molecule has 0 fully saturated rings. The van der Waals surface area contributed by atoms with Crippen LogP contribution in [-0.2, 0) is 4.74 Å². The smallest absolute Gasteiger partial charge is 0.119 e. The molecule has 0 N–H and O–H groups in total. The highest BCUT2D eigenvalue weighted by Gasteiger charge is 1.95. The van der Waals surface area contributed by atoms with Crippen LogP contribution in [0.2, 0.25) is 0 Å². The molecular formula is C24H30O3. The van der Waals surface area contributed by atoms with Crippen LogP contribution in [0.3, 0.4) is 0 Å². The number of ether oxygens (including phenoxy) is 3. The highest BCUT2D eigenvalue weighted by molar-refractivity contribution is 5.52. The Balaban J connectivity index is 1.81. The molecule has 3 nitrogen and oxygen atoms in total. The molecule has 2 aromatic carbocycles. The Morgan fingerprint density at radius 2 is 1.19 bits per heavy atom. The first-order valence-corrected chi connectivity index (χ1v) is 9.76. The molecule has 0 aliphatic carbocycles. The SMILES string of the molecule is CCCCOc1cccc(C=COC=Cc2cccc(OCCCC)c2)c1. The van der Waals surface area contributed by atoms with Crippen molar-refractivity contribution in [2.45, 2.75) is 39.5 Å². The van der Waals surface area contributed by atoms with Crippen LogP contribution >= 0.6 is 0 Å². The van der Waals surface area contributed by atoms with Gasteiger partial charge in [-0.05, 0) is 60.4 Å². The highest BCUT2D eigenvalue weighted by Crippen LogP contribution is 2.16. The fourth-order valence-electron chi connectivity index (χ4n) is 2.37. The van der Waals surface area contributed by atoms with E-state index in [2.05, 4.69) is 13.8 Å². The van der Waals surface area contributed by atoms with Crippen molar-refractivity contribution in [3.05, 3.63) is 72.2 Å². The minimum atomic E-state index is 0.754. The third kappa shape index (κ3) is 8.50. The van der Waals surface area contributed by atoms with E-state index in [0.29, 0.717) is 0 Å². The van der Waals surface area contributed by atoms with E-state index < -0.39 is 0 Å². The van der Waals surface area contributed by atoms with Gasteiger partial charge in [-0.15, -0.1) is 0 Å². The molecule has 0 bridgehead atoms. The van der Waals surface area contributed by atoms with Crippen molar-refractivity contribution < 1.29 is 14.2 Å². The summed E-state index contributed by atoms with van der Waals surface area (Å²) in [5.41, 5.74) is 2.09. The molecule has 0 aliphatic heterocycles. The van der Waals surface area contributed by atoms with Crippen LogP contribution in [0.1, 0.15) is 50.7 Å². The summed E-state index contributed by atoms with van der Waals surface area (Å²) in [4.78, 5) is 0. The summed E-state index contributed by atoms with van der Waals surface area (Å²) in [7, 11) is 0. The monoisotopic (exact) mass is 366 g/mol. The van der Waals surface area contributed by atoms with Crippen LogP contribution in [0.5, 0.6) is 11.5 Å². The molecule has 0 aliphatic rings. The Hall–Kier alpha value is -2.68. The van der Waals surface area contributed by atoms with E-state index in [1.54, 1.807) is 12.5 Å². The van der Waals surface area contributed by atoms with Gasteiger partial charge < -0.3 is 14.2 Å². The van der Waals surface area contributed by atoms with E-state index in [4.69, 9.17) is 14.2 Å². The second kappa shape index (κ2) is 12.6. The largest absolute Gasteiger partial charge is 0.494 e. The average Bonchev–Trinajstić information content (AvgIpc) is 2.69. The highest BCUT2D eigenvalue weighted by atomic mass is 16.5. The Morgan fingerprint density at radius 1 is 0.704 bits per heavy atom. The molecule has 0 atom stereocenters. The van der Waals surface area contributed by atoms with Gasteiger partial charge in [0.25, 0.3) is 0 Å². The van der Waals surface area contributed by atoms with Crippen molar-refractivity contribution in [3.8, 4) is 11.5 Å². The summed E-state index contributed by atoms with van der Waals surface area (Å²) in [6.45, 7) is 5.82. The van der Waals surface area contributed by atoms with Crippen LogP contribution in [0.4, 0.5) is 0 Å². The van der Waals surface area contributed by atoms with E-state index in [1.807, 2.05) is 60.7 Å². The van der Waals surface area contributed by atoms with Gasteiger partial charge in [-0.25, -0.2) is 0 Å². The number of unbranched alkanes of at least 4 members (excludes halogenated alkanes) is 2. The third-order valence-corrected chi connectivity index (χ3v) is 3.93. The standard InChI is InChI=1S/C24H30O3/c1-3-5-15-26-23-11-7-9-21(19-23)13-17-25-18-14-22-10-8-12-24(20-22)27-16-6-4-2/h7-14,17-20H,3-6,15-16H2,1-2H3. The van der Waals surface area contributed by atoms with Gasteiger partial charge in [0.1, 0.15) is 11.5 Å². The molecule has 2 rings (SSSR count). The van der Waals surface area contributed by atoms with Gasteiger partial charge in [0.15, 0.2) is 0 Å². The summed E-state index contributed by atoms with van der Waals surface area (Å²) in [6, 6.07) is 16.0. The molecule has 2 aromatic rings. The summed E-state index contributed by atoms with van der Waals surface area (Å²) in [6.07, 6.45) is 11.6. The lowest BCUT2D eigenvalue weighted by molar-refractivity contribution is 0.309. The molecule has 0 unspecified atom stereocenters. The van der Waals surface area contributed by atoms with Crippen LogP contribution in [0.25, 0.3) is 12.2 Å². The zero-order chi connectivity index (χ0) is 19.2. The number of benzene rings is 2. The van der Waals surface area contributed by atoms with Gasteiger partial charge in [0.2, 0.25) is 0 Å². The van der Waals surface area contributed by atoms with Gasteiger partial charge in [-0.2, -0.15) is 0 Å². The summed E-state index contributed by atoms with van der Waals surface area (Å²) < 4.78 is 16.9. The first-order chi connectivity index (χ1) is 13.3. The molecule has 0 heterocycles. The van der Waals surface area contributed by atoms with Gasteiger partial charge in [0.05, 0.1) is 25.7 Å². The summed E-state index contributed by atoms with van der Waals surface area (Å²) in [5.74, 6) is 1.78. The van der Waals surface area contributed by atoms with Crippen molar-refractivity contribution in [1.82, 2.24) is 0 Å². The molecule has 144 valence electrons. The Labute approximate surface area is 163 Å². The van der Waals surface area contributed by atoms with Gasteiger partial charge in [0, 0.05) is 0 Å². The summed E-state index contributed by atoms with van der Waals surface area (Å²) in [5, 5.41) is 0. The number of hydrogen-bond acceptors (Lipinski definition) is 3. The molecular weight excluding hydrogens is 336 g/mol. The second-order valence-corrected chi connectivity index (χ2v) is 6.29. The van der Waals surface area contributed by atoms with E-state index in [-0.39, 0.29) is 0 Å². The molecule has 0 radical (unpaired) electrons. The Kier molecular flexibility index (Phi) is 9.66. The van der Waals surface area contributed by atoms with Crippen LogP contribution < -0.4 is 9.47 Å². The van der Waals surface area contributed by atoms with Crippen LogP contribution in [0.15, 0.2) is 61.1 Å². The van der Waals surface area contributed by atoms with E-state index >= 15 is 0 Å². The molecule has 0 amide bonds. The predicted octanol–water partition coefficient (Wildman–Crippen LogP) is 6.70. The third-order valence-electron chi connectivity index (χ3n) is 3.93. The zero-order valence-electron chi connectivity index (χ0n) is 16.4. The minimum Gasteiger partial charge on any atom is -0.494 e. The minimum absolute atomic E-state index is 0.754. The number of rotatable bonds is 12. The van der Waals surface area contributed by atoms with Crippen LogP contribution in [0, 0.1) is 0 Å². The number of hydrogen-bond donors (Lipinski definition) is 0. The van der Waals surface area contributed by atoms with Crippen molar-refractivity contribution in [3.63, 3.8) is 0 Å². The summed E-state index contributed by atoms with van der Waals surface area (Å²) >= 11 is 0. The first kappa shape index (κ1) is 20.6. The normalized spacial score (nSPS) is 11.2. The van der Waals surface area contributed by atoms with E-state index in [9.17, 15) is 0 Å². The fraction of sp³-hybridized carbons (Fsp3) is 0.333. The van der Waals surface area contributed by atoms with E-state index in [1.165, 1.54) is 0 Å². The molecule has 0 spiro atoms. The van der Waals surface area contributed by atoms with Gasteiger partial charge >= 0.3 is 0 Å². The molecule has 27 heavy (non-hydrogen) atoms. The van der Waals surface area contributed by atoms with Crippen molar-refractivity contribution in [2.24, 2.45) is 0 Å². The van der Waals surface area contributed by atoms with Crippen LogP contribution in [-0.4, -0.2) is 13.2 Å². The maximum atomic E-state index is 5.72. The predicted molar refractivity (Wildman–Crippen MR) is 113 cm³/mol. The zero-order valence-corrected chi connectivity index (χ0v) is 16.4. The van der Waals surface area contributed by atoms with E-state index in [0.717, 1.165) is 61.5 Å². The topological polar surface area (TPSA) is 27.7 Å². The molecule has 3 heteroatoms. The Bertz CT molecular complexity index is 658. The fourth-order valence-corrected chi connectivity index (χ4v) is 2.37. The van der Waals surface area contributed by atoms with Gasteiger partial charge in [-0.3, -0.25) is 0 Å².